The maximum absolute atomic E-state index is 13.1. The molecule has 0 bridgehead atoms. The molecular weight excluding hydrogens is 414 g/mol. The van der Waals surface area contributed by atoms with Crippen molar-refractivity contribution in [1.29, 1.82) is 0 Å². The van der Waals surface area contributed by atoms with Gasteiger partial charge in [0.1, 0.15) is 0 Å². The number of amides is 1. The molecule has 176 valence electrons. The predicted molar refractivity (Wildman–Crippen MR) is 128 cm³/mol. The van der Waals surface area contributed by atoms with E-state index in [-0.39, 0.29) is 24.5 Å². The molecule has 1 saturated heterocycles. The summed E-state index contributed by atoms with van der Waals surface area (Å²) in [7, 11) is 0. The first-order valence-corrected chi connectivity index (χ1v) is 12.3. The van der Waals surface area contributed by atoms with Crippen molar-refractivity contribution in [2.75, 3.05) is 39.4 Å². The summed E-state index contributed by atoms with van der Waals surface area (Å²) in [5, 5.41) is 0. The summed E-state index contributed by atoms with van der Waals surface area (Å²) in [6.07, 6.45) is 9.51. The van der Waals surface area contributed by atoms with Crippen LogP contribution in [-0.2, 0) is 28.9 Å². The minimum atomic E-state index is 0.0418. The number of morpholine rings is 1. The Bertz CT molecular complexity index is 925. The van der Waals surface area contributed by atoms with Crippen molar-refractivity contribution in [2.45, 2.75) is 51.5 Å². The van der Waals surface area contributed by atoms with Gasteiger partial charge < -0.3 is 9.64 Å². The fourth-order valence-corrected chi connectivity index (χ4v) is 4.74. The number of benzene rings is 1. The maximum atomic E-state index is 13.1. The lowest BCUT2D eigenvalue weighted by Crippen LogP contribution is -2.39. The Hall–Kier alpha value is -2.57. The summed E-state index contributed by atoms with van der Waals surface area (Å²) >= 11 is 0. The summed E-state index contributed by atoms with van der Waals surface area (Å²) in [5.41, 5.74) is 4.49. The van der Waals surface area contributed by atoms with Gasteiger partial charge in [-0.05, 0) is 67.0 Å². The second-order valence-electron chi connectivity index (χ2n) is 9.09. The van der Waals surface area contributed by atoms with Gasteiger partial charge in [0.15, 0.2) is 5.78 Å². The Morgan fingerprint density at radius 1 is 0.970 bits per heavy atom. The monoisotopic (exact) mass is 449 g/mol. The van der Waals surface area contributed by atoms with E-state index in [1.165, 1.54) is 24.0 Å². The van der Waals surface area contributed by atoms with E-state index in [4.69, 9.17) is 4.74 Å². The average Bonchev–Trinajstić information content (AvgIpc) is 2.87. The normalized spacial score (nSPS) is 16.2. The Morgan fingerprint density at radius 2 is 1.73 bits per heavy atom. The van der Waals surface area contributed by atoms with E-state index in [9.17, 15) is 9.59 Å². The van der Waals surface area contributed by atoms with E-state index in [1.54, 1.807) is 12.4 Å². The molecule has 0 spiro atoms. The number of pyridine rings is 1. The molecule has 0 saturated carbocycles. The smallest absolute Gasteiger partial charge is 0.223 e. The minimum absolute atomic E-state index is 0.0418. The molecule has 2 aliphatic rings. The van der Waals surface area contributed by atoms with E-state index in [0.717, 1.165) is 63.2 Å². The Balaban J connectivity index is 1.32. The molecular formula is C27H35N3O3. The molecule has 6 nitrogen and oxygen atoms in total. The highest BCUT2D eigenvalue weighted by Crippen LogP contribution is 2.23. The topological polar surface area (TPSA) is 62.7 Å². The molecule has 0 radical (unpaired) electrons. The van der Waals surface area contributed by atoms with Crippen molar-refractivity contribution < 1.29 is 14.3 Å². The standard InChI is InChI=1S/C27H35N3O3/c31-26(25-7-6-23-4-1-2-5-24(23)20-25)8-9-27(32)30(21-22-10-12-28-13-11-22)15-3-14-29-16-18-33-19-17-29/h6-7,10-13,20H,1-5,8-9,14-19,21H2. The summed E-state index contributed by atoms with van der Waals surface area (Å²) < 4.78 is 5.42. The highest BCUT2D eigenvalue weighted by molar-refractivity contribution is 5.98. The van der Waals surface area contributed by atoms with E-state index >= 15 is 0 Å². The number of carbonyl (C=O) groups is 2. The molecule has 0 unspecified atom stereocenters. The number of ether oxygens (including phenoxy) is 1. The van der Waals surface area contributed by atoms with Gasteiger partial charge in [-0.25, -0.2) is 0 Å². The van der Waals surface area contributed by atoms with E-state index in [2.05, 4.69) is 22.0 Å². The Labute approximate surface area is 196 Å². The Morgan fingerprint density at radius 3 is 2.52 bits per heavy atom. The number of nitrogens with zero attached hydrogens (tertiary/aromatic N) is 3. The van der Waals surface area contributed by atoms with Gasteiger partial charge in [-0.15, -0.1) is 0 Å². The predicted octanol–water partition coefficient (Wildman–Crippen LogP) is 3.67. The number of carbonyl (C=O) groups excluding carboxylic acids is 2. The minimum Gasteiger partial charge on any atom is -0.379 e. The van der Waals surface area contributed by atoms with Gasteiger partial charge in [0, 0.05) is 63.5 Å². The number of Topliss-reactive ketones (excluding diaryl/α,β-unsaturated/α-hetero) is 1. The molecule has 1 fully saturated rings. The van der Waals surface area contributed by atoms with Crippen molar-refractivity contribution in [1.82, 2.24) is 14.8 Å². The van der Waals surface area contributed by atoms with Crippen LogP contribution in [0.5, 0.6) is 0 Å². The van der Waals surface area contributed by atoms with Crippen LogP contribution in [-0.4, -0.2) is 65.9 Å². The summed E-state index contributed by atoms with van der Waals surface area (Å²) in [6.45, 7) is 5.66. The zero-order chi connectivity index (χ0) is 22.9. The van der Waals surface area contributed by atoms with E-state index in [0.29, 0.717) is 13.1 Å². The van der Waals surface area contributed by atoms with Crippen molar-refractivity contribution in [3.05, 3.63) is 65.0 Å². The molecule has 1 amide bonds. The van der Waals surface area contributed by atoms with Gasteiger partial charge in [-0.1, -0.05) is 12.1 Å². The molecule has 33 heavy (non-hydrogen) atoms. The first-order valence-electron chi connectivity index (χ1n) is 12.3. The van der Waals surface area contributed by atoms with Gasteiger partial charge in [-0.2, -0.15) is 0 Å². The fraction of sp³-hybridized carbons (Fsp3) is 0.519. The molecule has 1 aliphatic carbocycles. The van der Waals surface area contributed by atoms with Gasteiger partial charge in [0.25, 0.3) is 0 Å². The number of hydrogen-bond acceptors (Lipinski definition) is 5. The number of ketones is 1. The summed E-state index contributed by atoms with van der Waals surface area (Å²) in [5.74, 6) is 0.106. The molecule has 0 N–H and O–H groups in total. The van der Waals surface area contributed by atoms with Gasteiger partial charge >= 0.3 is 0 Å². The molecule has 1 aliphatic heterocycles. The number of rotatable bonds is 10. The summed E-state index contributed by atoms with van der Waals surface area (Å²) in [6, 6.07) is 9.98. The first-order chi connectivity index (χ1) is 16.2. The zero-order valence-electron chi connectivity index (χ0n) is 19.5. The second-order valence-corrected chi connectivity index (χ2v) is 9.09. The van der Waals surface area contributed by atoms with Crippen LogP contribution in [0.25, 0.3) is 0 Å². The fourth-order valence-electron chi connectivity index (χ4n) is 4.74. The van der Waals surface area contributed by atoms with Crippen molar-refractivity contribution in [3.8, 4) is 0 Å². The van der Waals surface area contributed by atoms with Crippen LogP contribution in [0, 0.1) is 0 Å². The maximum Gasteiger partial charge on any atom is 0.223 e. The number of hydrogen-bond donors (Lipinski definition) is 0. The quantitative estimate of drug-likeness (QED) is 0.518. The van der Waals surface area contributed by atoms with E-state index in [1.807, 2.05) is 23.1 Å². The SMILES string of the molecule is O=C(CCC(=O)N(CCCN1CCOCC1)Cc1ccncc1)c1ccc2c(c1)CCCC2. The molecule has 6 heteroatoms. The van der Waals surface area contributed by atoms with Crippen LogP contribution in [0.3, 0.4) is 0 Å². The van der Waals surface area contributed by atoms with Gasteiger partial charge in [0.05, 0.1) is 13.2 Å². The number of fused-ring (bicyclic) bond motifs is 1. The van der Waals surface area contributed by atoms with Crippen molar-refractivity contribution in [3.63, 3.8) is 0 Å². The van der Waals surface area contributed by atoms with Gasteiger partial charge in [-0.3, -0.25) is 19.5 Å². The lowest BCUT2D eigenvalue weighted by molar-refractivity contribution is -0.132. The third-order valence-electron chi connectivity index (χ3n) is 6.72. The van der Waals surface area contributed by atoms with Crippen LogP contribution in [0.2, 0.25) is 0 Å². The average molecular weight is 450 g/mol. The first kappa shape index (κ1) is 23.6. The molecule has 1 aromatic heterocycles. The van der Waals surface area contributed by atoms with Crippen LogP contribution >= 0.6 is 0 Å². The lowest BCUT2D eigenvalue weighted by Gasteiger charge is -2.28. The van der Waals surface area contributed by atoms with Gasteiger partial charge in [0.2, 0.25) is 5.91 Å². The summed E-state index contributed by atoms with van der Waals surface area (Å²) in [4.78, 5) is 34.3. The molecule has 2 aromatic rings. The third-order valence-corrected chi connectivity index (χ3v) is 6.72. The number of aromatic nitrogens is 1. The van der Waals surface area contributed by atoms with Crippen molar-refractivity contribution in [2.24, 2.45) is 0 Å². The third kappa shape index (κ3) is 6.95. The number of aryl methyl sites for hydroxylation is 2. The Kier molecular flexibility index (Phi) is 8.61. The van der Waals surface area contributed by atoms with E-state index < -0.39 is 0 Å². The highest BCUT2D eigenvalue weighted by atomic mass is 16.5. The largest absolute Gasteiger partial charge is 0.379 e. The van der Waals surface area contributed by atoms with Crippen LogP contribution in [0.4, 0.5) is 0 Å². The second kappa shape index (κ2) is 12.1. The zero-order valence-corrected chi connectivity index (χ0v) is 19.5. The lowest BCUT2D eigenvalue weighted by atomic mass is 9.89. The highest BCUT2D eigenvalue weighted by Gasteiger charge is 2.19. The van der Waals surface area contributed by atoms with Crippen LogP contribution in [0.1, 0.15) is 59.2 Å². The molecule has 2 heterocycles. The molecule has 1 aromatic carbocycles. The van der Waals surface area contributed by atoms with Crippen LogP contribution < -0.4 is 0 Å². The molecule has 4 rings (SSSR count). The molecule has 0 atom stereocenters. The van der Waals surface area contributed by atoms with Crippen molar-refractivity contribution >= 4 is 11.7 Å². The van der Waals surface area contributed by atoms with Crippen LogP contribution in [0.15, 0.2) is 42.7 Å².